The van der Waals surface area contributed by atoms with Crippen LogP contribution in [0.3, 0.4) is 0 Å². The molecule has 112 valence electrons. The first-order valence-corrected chi connectivity index (χ1v) is 7.30. The van der Waals surface area contributed by atoms with E-state index < -0.39 is 0 Å². The van der Waals surface area contributed by atoms with E-state index in [2.05, 4.69) is 5.32 Å². The Balaban J connectivity index is 2.27. The molecule has 0 saturated heterocycles. The first-order chi connectivity index (χ1) is 10.1. The summed E-state index contributed by atoms with van der Waals surface area (Å²) in [6.45, 7) is 4.60. The van der Waals surface area contributed by atoms with Crippen LogP contribution >= 0.6 is 0 Å². The lowest BCUT2D eigenvalue weighted by atomic mass is 10.0. The van der Waals surface area contributed by atoms with E-state index in [4.69, 9.17) is 10.5 Å². The number of nitrogens with two attached hydrogens (primary N) is 1. The topological polar surface area (TPSA) is 64.3 Å². The highest BCUT2D eigenvalue weighted by atomic mass is 16.5. The van der Waals surface area contributed by atoms with Crippen LogP contribution in [0, 0.1) is 0 Å². The van der Waals surface area contributed by atoms with Gasteiger partial charge in [-0.3, -0.25) is 4.79 Å². The number of hydrogen-bond acceptors (Lipinski definition) is 3. The Morgan fingerprint density at radius 2 is 2.05 bits per heavy atom. The van der Waals surface area contributed by atoms with Crippen LogP contribution < -0.4 is 15.8 Å². The van der Waals surface area contributed by atoms with Crippen LogP contribution in [0.5, 0.6) is 5.75 Å². The van der Waals surface area contributed by atoms with Gasteiger partial charge in [0.05, 0.1) is 0 Å². The maximum atomic E-state index is 11.7. The summed E-state index contributed by atoms with van der Waals surface area (Å²) >= 11 is 0. The van der Waals surface area contributed by atoms with Crippen molar-refractivity contribution >= 4 is 16.7 Å². The van der Waals surface area contributed by atoms with E-state index in [0.29, 0.717) is 12.3 Å². The van der Waals surface area contributed by atoms with Gasteiger partial charge in [0.2, 0.25) is 0 Å². The van der Waals surface area contributed by atoms with Crippen LogP contribution in [-0.4, -0.2) is 19.1 Å². The molecule has 0 unspecified atom stereocenters. The second-order valence-corrected chi connectivity index (χ2v) is 5.13. The lowest BCUT2D eigenvalue weighted by molar-refractivity contribution is -0.123. The largest absolute Gasteiger partial charge is 0.483 e. The normalized spacial score (nSPS) is 12.1. The minimum Gasteiger partial charge on any atom is -0.483 e. The molecule has 0 aromatic heterocycles. The number of hydrogen-bond donors (Lipinski definition) is 2. The molecule has 1 atom stereocenters. The number of carbonyl (C=O) groups excluding carboxylic acids is 1. The fourth-order valence-corrected chi connectivity index (χ4v) is 2.23. The maximum Gasteiger partial charge on any atom is 0.257 e. The summed E-state index contributed by atoms with van der Waals surface area (Å²) in [5.41, 5.74) is 6.93. The number of fused-ring (bicyclic) bond motifs is 1. The Kier molecular flexibility index (Phi) is 5.17. The molecule has 2 aromatic carbocycles. The Labute approximate surface area is 125 Å². The van der Waals surface area contributed by atoms with Gasteiger partial charge in [-0.25, -0.2) is 0 Å². The van der Waals surface area contributed by atoms with Crippen molar-refractivity contribution in [2.24, 2.45) is 5.73 Å². The lowest BCUT2D eigenvalue weighted by Crippen LogP contribution is -2.29. The average Bonchev–Trinajstić information content (AvgIpc) is 2.50. The first kappa shape index (κ1) is 15.3. The molecule has 4 nitrogen and oxygen atoms in total. The van der Waals surface area contributed by atoms with Gasteiger partial charge in [0, 0.05) is 23.5 Å². The number of benzene rings is 2. The third-order valence-corrected chi connectivity index (χ3v) is 3.32. The molecule has 0 spiro atoms. The fourth-order valence-electron chi connectivity index (χ4n) is 2.23. The molecule has 0 saturated carbocycles. The van der Waals surface area contributed by atoms with Crippen molar-refractivity contribution in [3.05, 3.63) is 42.0 Å². The molecule has 0 aliphatic rings. The molecule has 0 fully saturated rings. The van der Waals surface area contributed by atoms with Crippen molar-refractivity contribution in [1.29, 1.82) is 0 Å². The van der Waals surface area contributed by atoms with E-state index in [1.807, 2.05) is 50.2 Å². The van der Waals surface area contributed by atoms with Crippen molar-refractivity contribution in [3.63, 3.8) is 0 Å². The van der Waals surface area contributed by atoms with Gasteiger partial charge < -0.3 is 15.8 Å². The number of carbonyl (C=O) groups is 1. The van der Waals surface area contributed by atoms with Gasteiger partial charge in [-0.2, -0.15) is 0 Å². The summed E-state index contributed by atoms with van der Waals surface area (Å²) < 4.78 is 5.78. The highest BCUT2D eigenvalue weighted by molar-refractivity contribution is 5.90. The summed E-state index contributed by atoms with van der Waals surface area (Å²) in [4.78, 5) is 11.7. The van der Waals surface area contributed by atoms with Crippen LogP contribution in [0.15, 0.2) is 36.4 Å². The Bertz CT molecular complexity index is 623. The van der Waals surface area contributed by atoms with Crippen LogP contribution in [0.1, 0.15) is 31.9 Å². The zero-order valence-corrected chi connectivity index (χ0v) is 12.6. The van der Waals surface area contributed by atoms with Crippen LogP contribution in [0.25, 0.3) is 10.8 Å². The van der Waals surface area contributed by atoms with Gasteiger partial charge in [0.15, 0.2) is 6.61 Å². The standard InChI is InChI=1S/C17H22N2O2/c1-3-10-19-16(20)11-21-17-14(12(2)18)9-8-13-6-4-5-7-15(13)17/h4-9,12H,3,10-11,18H2,1-2H3,(H,19,20)/t12-/m0/s1. The summed E-state index contributed by atoms with van der Waals surface area (Å²) in [5.74, 6) is 0.593. The van der Waals surface area contributed by atoms with Crippen molar-refractivity contribution in [3.8, 4) is 5.75 Å². The maximum absolute atomic E-state index is 11.7. The van der Waals surface area contributed by atoms with Crippen molar-refractivity contribution in [2.75, 3.05) is 13.2 Å². The zero-order chi connectivity index (χ0) is 15.2. The number of rotatable bonds is 6. The van der Waals surface area contributed by atoms with Crippen molar-refractivity contribution < 1.29 is 9.53 Å². The first-order valence-electron chi connectivity index (χ1n) is 7.30. The van der Waals surface area contributed by atoms with E-state index in [0.717, 1.165) is 22.8 Å². The molecule has 4 heteroatoms. The molecular formula is C17H22N2O2. The quantitative estimate of drug-likeness (QED) is 0.858. The monoisotopic (exact) mass is 286 g/mol. The molecule has 0 radical (unpaired) electrons. The van der Waals surface area contributed by atoms with E-state index >= 15 is 0 Å². The Hall–Kier alpha value is -2.07. The van der Waals surface area contributed by atoms with Crippen LogP contribution in [0.4, 0.5) is 0 Å². The summed E-state index contributed by atoms with van der Waals surface area (Å²) in [7, 11) is 0. The highest BCUT2D eigenvalue weighted by Gasteiger charge is 2.13. The average molecular weight is 286 g/mol. The summed E-state index contributed by atoms with van der Waals surface area (Å²) in [6, 6.07) is 11.8. The molecular weight excluding hydrogens is 264 g/mol. The third-order valence-electron chi connectivity index (χ3n) is 3.32. The van der Waals surface area contributed by atoms with Gasteiger partial charge in [0.1, 0.15) is 5.75 Å². The lowest BCUT2D eigenvalue weighted by Gasteiger charge is -2.16. The predicted octanol–water partition coefficient (Wildman–Crippen LogP) is 2.76. The van der Waals surface area contributed by atoms with Gasteiger partial charge in [-0.1, -0.05) is 43.3 Å². The zero-order valence-electron chi connectivity index (χ0n) is 12.6. The summed E-state index contributed by atoms with van der Waals surface area (Å²) in [5, 5.41) is 4.86. The van der Waals surface area contributed by atoms with Crippen LogP contribution in [-0.2, 0) is 4.79 Å². The molecule has 0 aliphatic heterocycles. The molecule has 21 heavy (non-hydrogen) atoms. The second-order valence-electron chi connectivity index (χ2n) is 5.13. The summed E-state index contributed by atoms with van der Waals surface area (Å²) in [6.07, 6.45) is 0.908. The van der Waals surface area contributed by atoms with Gasteiger partial charge in [0.25, 0.3) is 5.91 Å². The van der Waals surface area contributed by atoms with Crippen molar-refractivity contribution in [2.45, 2.75) is 26.3 Å². The predicted molar refractivity (Wildman–Crippen MR) is 85.3 cm³/mol. The molecule has 2 aromatic rings. The molecule has 2 rings (SSSR count). The van der Waals surface area contributed by atoms with E-state index in [1.165, 1.54) is 0 Å². The second kappa shape index (κ2) is 7.09. The molecule has 3 N–H and O–H groups in total. The fraction of sp³-hybridized carbons (Fsp3) is 0.353. The molecule has 1 amide bonds. The highest BCUT2D eigenvalue weighted by Crippen LogP contribution is 2.32. The molecule has 0 bridgehead atoms. The molecule has 0 heterocycles. The van der Waals surface area contributed by atoms with E-state index in [1.54, 1.807) is 0 Å². The van der Waals surface area contributed by atoms with Crippen molar-refractivity contribution in [1.82, 2.24) is 5.32 Å². The third kappa shape index (κ3) is 3.73. The molecule has 0 aliphatic carbocycles. The van der Waals surface area contributed by atoms with Gasteiger partial charge in [-0.15, -0.1) is 0 Å². The Morgan fingerprint density at radius 1 is 1.29 bits per heavy atom. The number of nitrogens with one attached hydrogen (secondary N) is 1. The smallest absolute Gasteiger partial charge is 0.257 e. The van der Waals surface area contributed by atoms with E-state index in [-0.39, 0.29) is 18.6 Å². The van der Waals surface area contributed by atoms with Crippen LogP contribution in [0.2, 0.25) is 0 Å². The Morgan fingerprint density at radius 3 is 2.76 bits per heavy atom. The minimum atomic E-state index is -0.150. The minimum absolute atomic E-state index is 0.00767. The number of ether oxygens (including phenoxy) is 1. The van der Waals surface area contributed by atoms with E-state index in [9.17, 15) is 4.79 Å². The SMILES string of the molecule is CCCNC(=O)COc1c([C@H](C)N)ccc2ccccc12. The van der Waals surface area contributed by atoms with Gasteiger partial charge >= 0.3 is 0 Å². The van der Waals surface area contributed by atoms with Gasteiger partial charge in [-0.05, 0) is 18.7 Å². The number of amides is 1.